The van der Waals surface area contributed by atoms with Gasteiger partial charge in [-0.3, -0.25) is 4.79 Å². The Morgan fingerprint density at radius 3 is 2.42 bits per heavy atom. The maximum absolute atomic E-state index is 13.6. The first kappa shape index (κ1) is 31.3. The minimum atomic E-state index is -0.602. The van der Waals surface area contributed by atoms with E-state index in [1.54, 1.807) is 51.1 Å². The zero-order valence-electron chi connectivity index (χ0n) is 25.1. The standard InChI is InChI=1S/C30H37FN6O6/c1-17-14-37(30(40)34-27-19(3)35-43-20(27)4)18(2)16-42-25-13-23(33-29(39)32-22-9-7-8-21(31)12-22)10-11-24(25)28(38)36(5)15-26(17)41-6/h7-13,17-18,26H,14-16H2,1-6H3,(H,34,40)(H2,32,33,39)/t17-,18+,26+/m1/s1. The molecule has 0 aliphatic carbocycles. The van der Waals surface area contributed by atoms with Gasteiger partial charge in [-0.15, -0.1) is 0 Å². The molecule has 3 aromatic rings. The van der Waals surface area contributed by atoms with Crippen LogP contribution in [0.1, 0.15) is 35.7 Å². The molecule has 0 spiro atoms. The molecule has 12 nitrogen and oxygen atoms in total. The summed E-state index contributed by atoms with van der Waals surface area (Å²) in [4.78, 5) is 42.8. The first-order valence-corrected chi connectivity index (χ1v) is 13.9. The van der Waals surface area contributed by atoms with E-state index in [9.17, 15) is 18.8 Å². The Hall–Kier alpha value is -4.65. The van der Waals surface area contributed by atoms with Gasteiger partial charge in [0.05, 0.1) is 17.7 Å². The number of ether oxygens (including phenoxy) is 2. The third-order valence-corrected chi connectivity index (χ3v) is 7.31. The molecule has 13 heteroatoms. The van der Waals surface area contributed by atoms with Crippen LogP contribution in [0.4, 0.5) is 31.0 Å². The Balaban J connectivity index is 1.60. The van der Waals surface area contributed by atoms with E-state index in [1.165, 1.54) is 29.2 Å². The molecule has 2 aromatic carbocycles. The number of nitrogens with zero attached hydrogens (tertiary/aromatic N) is 3. The van der Waals surface area contributed by atoms with E-state index in [1.807, 2.05) is 13.8 Å². The third kappa shape index (κ3) is 7.60. The third-order valence-electron chi connectivity index (χ3n) is 7.31. The van der Waals surface area contributed by atoms with Crippen molar-refractivity contribution in [3.8, 4) is 5.75 Å². The number of nitrogens with one attached hydrogen (secondary N) is 3. The summed E-state index contributed by atoms with van der Waals surface area (Å²) in [7, 11) is 3.24. The normalized spacial score (nSPS) is 19.4. The first-order valence-electron chi connectivity index (χ1n) is 13.9. The van der Waals surface area contributed by atoms with Gasteiger partial charge < -0.3 is 39.7 Å². The maximum Gasteiger partial charge on any atom is 0.323 e. The van der Waals surface area contributed by atoms with Crippen LogP contribution in [-0.4, -0.2) is 78.9 Å². The van der Waals surface area contributed by atoms with E-state index in [-0.39, 0.29) is 54.1 Å². The minimum absolute atomic E-state index is 0.0440. The summed E-state index contributed by atoms with van der Waals surface area (Å²) in [6, 6.07) is 8.79. The quantitative estimate of drug-likeness (QED) is 0.380. The molecule has 5 amide bonds. The number of carbonyl (C=O) groups is 3. The highest BCUT2D eigenvalue weighted by molar-refractivity contribution is 6.01. The average Bonchev–Trinajstić information content (AvgIpc) is 3.28. The summed E-state index contributed by atoms with van der Waals surface area (Å²) >= 11 is 0. The lowest BCUT2D eigenvalue weighted by Gasteiger charge is -2.36. The number of methoxy groups -OCH3 is 1. The number of halogens is 1. The first-order chi connectivity index (χ1) is 20.5. The van der Waals surface area contributed by atoms with Gasteiger partial charge in [0, 0.05) is 50.6 Å². The van der Waals surface area contributed by atoms with Gasteiger partial charge in [-0.2, -0.15) is 0 Å². The molecule has 1 aliphatic heterocycles. The molecule has 0 saturated heterocycles. The van der Waals surface area contributed by atoms with E-state index in [0.717, 1.165) is 0 Å². The summed E-state index contributed by atoms with van der Waals surface area (Å²) in [5.41, 5.74) is 1.97. The molecule has 3 N–H and O–H groups in total. The van der Waals surface area contributed by atoms with Crippen LogP contribution in [-0.2, 0) is 4.74 Å². The Labute approximate surface area is 249 Å². The SMILES string of the molecule is CO[C@H]1CN(C)C(=O)c2ccc(NC(=O)Nc3cccc(F)c3)cc2OC[C@H](C)N(C(=O)Nc2c(C)noc2C)C[C@H]1C. The summed E-state index contributed by atoms with van der Waals surface area (Å²) in [5.74, 6) is -0.202. The fourth-order valence-electron chi connectivity index (χ4n) is 4.83. The highest BCUT2D eigenvalue weighted by Gasteiger charge is 2.31. The minimum Gasteiger partial charge on any atom is -0.491 e. The van der Waals surface area contributed by atoms with Gasteiger partial charge in [0.1, 0.15) is 29.6 Å². The van der Waals surface area contributed by atoms with Gasteiger partial charge in [0.2, 0.25) is 0 Å². The number of amides is 5. The monoisotopic (exact) mass is 596 g/mol. The topological polar surface area (TPSA) is 138 Å². The van der Waals surface area contributed by atoms with Crippen molar-refractivity contribution in [2.75, 3.05) is 49.8 Å². The van der Waals surface area contributed by atoms with Crippen LogP contribution in [0.5, 0.6) is 5.75 Å². The number of hydrogen-bond donors (Lipinski definition) is 3. The van der Waals surface area contributed by atoms with Gasteiger partial charge in [0.25, 0.3) is 5.91 Å². The maximum atomic E-state index is 13.6. The van der Waals surface area contributed by atoms with Crippen LogP contribution in [0.2, 0.25) is 0 Å². The number of carbonyl (C=O) groups excluding carboxylic acids is 3. The van der Waals surface area contributed by atoms with Crippen molar-refractivity contribution in [2.24, 2.45) is 5.92 Å². The lowest BCUT2D eigenvalue weighted by atomic mass is 10.0. The van der Waals surface area contributed by atoms with E-state index in [2.05, 4.69) is 21.1 Å². The zero-order chi connectivity index (χ0) is 31.3. The largest absolute Gasteiger partial charge is 0.491 e. The lowest BCUT2D eigenvalue weighted by molar-refractivity contribution is 0.0174. The van der Waals surface area contributed by atoms with Gasteiger partial charge >= 0.3 is 12.1 Å². The molecule has 1 aromatic heterocycles. The second-order valence-electron chi connectivity index (χ2n) is 10.7. The van der Waals surface area contributed by atoms with Crippen LogP contribution in [0.25, 0.3) is 0 Å². The molecule has 0 unspecified atom stereocenters. The summed E-state index contributed by atoms with van der Waals surface area (Å²) in [6.45, 7) is 7.89. The van der Waals surface area contributed by atoms with Gasteiger partial charge in [0.15, 0.2) is 5.76 Å². The molecule has 2 heterocycles. The number of fused-ring (bicyclic) bond motifs is 1. The van der Waals surface area contributed by atoms with E-state index in [4.69, 9.17) is 14.0 Å². The van der Waals surface area contributed by atoms with Crippen molar-refractivity contribution in [3.63, 3.8) is 0 Å². The number of benzene rings is 2. The highest BCUT2D eigenvalue weighted by Crippen LogP contribution is 2.28. The van der Waals surface area contributed by atoms with Crippen LogP contribution >= 0.6 is 0 Å². The molecule has 1 aliphatic rings. The van der Waals surface area contributed by atoms with E-state index < -0.39 is 17.9 Å². The fraction of sp³-hybridized carbons (Fsp3) is 0.400. The second kappa shape index (κ2) is 13.6. The van der Waals surface area contributed by atoms with Gasteiger partial charge in [-0.05, 0) is 51.1 Å². The van der Waals surface area contributed by atoms with Crippen molar-refractivity contribution in [3.05, 3.63) is 65.3 Å². The summed E-state index contributed by atoms with van der Waals surface area (Å²) < 4.78 is 30.6. The van der Waals surface area contributed by atoms with Crippen LogP contribution < -0.4 is 20.7 Å². The molecule has 230 valence electrons. The lowest BCUT2D eigenvalue weighted by Crippen LogP contribution is -2.50. The summed E-state index contributed by atoms with van der Waals surface area (Å²) in [6.07, 6.45) is -0.369. The predicted octanol–water partition coefficient (Wildman–Crippen LogP) is 5.11. The number of aromatic nitrogens is 1. The van der Waals surface area contributed by atoms with Crippen molar-refractivity contribution in [1.82, 2.24) is 15.0 Å². The Kier molecular flexibility index (Phi) is 9.86. The number of rotatable bonds is 4. The summed E-state index contributed by atoms with van der Waals surface area (Å²) in [5, 5.41) is 12.1. The van der Waals surface area contributed by atoms with Crippen molar-refractivity contribution < 1.29 is 32.8 Å². The number of anilines is 3. The fourth-order valence-corrected chi connectivity index (χ4v) is 4.83. The van der Waals surface area contributed by atoms with Crippen LogP contribution in [0, 0.1) is 25.6 Å². The smallest absolute Gasteiger partial charge is 0.323 e. The Bertz CT molecular complexity index is 1460. The molecule has 0 saturated carbocycles. The van der Waals surface area contributed by atoms with Crippen molar-refractivity contribution in [1.29, 1.82) is 0 Å². The van der Waals surface area contributed by atoms with Gasteiger partial charge in [-0.25, -0.2) is 14.0 Å². The molecular weight excluding hydrogens is 559 g/mol. The molecule has 0 radical (unpaired) electrons. The zero-order valence-corrected chi connectivity index (χ0v) is 25.1. The number of hydrogen-bond acceptors (Lipinski definition) is 7. The van der Waals surface area contributed by atoms with E-state index in [0.29, 0.717) is 29.4 Å². The Morgan fingerprint density at radius 2 is 1.77 bits per heavy atom. The van der Waals surface area contributed by atoms with Crippen LogP contribution in [0.15, 0.2) is 47.0 Å². The molecule has 3 atom stereocenters. The predicted molar refractivity (Wildman–Crippen MR) is 159 cm³/mol. The number of likely N-dealkylation sites (N-methyl/N-ethyl adjacent to an activating group) is 1. The molecule has 0 bridgehead atoms. The average molecular weight is 597 g/mol. The molecular formula is C30H37FN6O6. The molecule has 0 fully saturated rings. The molecule has 4 rings (SSSR count). The van der Waals surface area contributed by atoms with Crippen molar-refractivity contribution in [2.45, 2.75) is 39.8 Å². The second-order valence-corrected chi connectivity index (χ2v) is 10.7. The highest BCUT2D eigenvalue weighted by atomic mass is 19.1. The molecule has 43 heavy (non-hydrogen) atoms. The van der Waals surface area contributed by atoms with Crippen molar-refractivity contribution >= 4 is 35.0 Å². The number of aryl methyl sites for hydroxylation is 2. The number of urea groups is 2. The van der Waals surface area contributed by atoms with E-state index >= 15 is 0 Å². The Morgan fingerprint density at radius 1 is 1.05 bits per heavy atom. The van der Waals surface area contributed by atoms with Crippen LogP contribution in [0.3, 0.4) is 0 Å². The van der Waals surface area contributed by atoms with Gasteiger partial charge in [-0.1, -0.05) is 18.1 Å².